The number of hydrogen-bond acceptors (Lipinski definition) is 3. The molecule has 1 saturated heterocycles. The number of benzene rings is 1. The van der Waals surface area contributed by atoms with Crippen molar-refractivity contribution in [3.8, 4) is 0 Å². The van der Waals surface area contributed by atoms with Crippen molar-refractivity contribution in [2.75, 3.05) is 11.4 Å². The van der Waals surface area contributed by atoms with Crippen LogP contribution in [0.3, 0.4) is 0 Å². The first-order valence-electron chi connectivity index (χ1n) is 5.76. The highest BCUT2D eigenvalue weighted by Gasteiger charge is 2.33. The lowest BCUT2D eigenvalue weighted by molar-refractivity contribution is -0.141. The molecule has 0 aliphatic carbocycles. The van der Waals surface area contributed by atoms with Gasteiger partial charge in [-0.25, -0.2) is 9.18 Å². The number of hydrogen-bond donors (Lipinski definition) is 1. The summed E-state index contributed by atoms with van der Waals surface area (Å²) in [6.07, 6.45) is 0.340. The fourth-order valence-electron chi connectivity index (χ4n) is 2.28. The van der Waals surface area contributed by atoms with E-state index in [2.05, 4.69) is 0 Å². The molecule has 1 N–H and O–H groups in total. The van der Waals surface area contributed by atoms with Gasteiger partial charge in [0.25, 0.3) is 0 Å². The van der Waals surface area contributed by atoms with Gasteiger partial charge in [0.05, 0.1) is 0 Å². The van der Waals surface area contributed by atoms with Crippen LogP contribution in [0.25, 0.3) is 0 Å². The van der Waals surface area contributed by atoms with Crippen LogP contribution in [0.1, 0.15) is 18.4 Å². The molecule has 1 aliphatic rings. The van der Waals surface area contributed by atoms with Crippen molar-refractivity contribution in [2.45, 2.75) is 25.8 Å². The van der Waals surface area contributed by atoms with Crippen LogP contribution >= 0.6 is 0 Å². The molecule has 2 rings (SSSR count). The molecule has 4 nitrogen and oxygen atoms in total. The third-order valence-electron chi connectivity index (χ3n) is 3.18. The lowest BCUT2D eigenvalue weighted by Gasteiger charge is -2.35. The van der Waals surface area contributed by atoms with Crippen molar-refractivity contribution in [2.24, 2.45) is 0 Å². The van der Waals surface area contributed by atoms with Gasteiger partial charge in [-0.2, -0.15) is 0 Å². The predicted octanol–water partition coefficient (Wildman–Crippen LogP) is 1.76. The Hall–Kier alpha value is -1.91. The zero-order valence-corrected chi connectivity index (χ0v) is 10.0. The van der Waals surface area contributed by atoms with Gasteiger partial charge in [0.2, 0.25) is 0 Å². The minimum Gasteiger partial charge on any atom is -0.480 e. The molecule has 0 saturated carbocycles. The number of carbonyl (C=O) groups excluding carboxylic acids is 1. The van der Waals surface area contributed by atoms with E-state index in [0.717, 1.165) is 0 Å². The van der Waals surface area contributed by atoms with Crippen LogP contribution < -0.4 is 4.90 Å². The summed E-state index contributed by atoms with van der Waals surface area (Å²) in [6, 6.07) is 3.38. The highest BCUT2D eigenvalue weighted by Crippen LogP contribution is 2.27. The number of halogens is 1. The number of aryl methyl sites for hydroxylation is 1. The quantitative estimate of drug-likeness (QED) is 0.870. The fourth-order valence-corrected chi connectivity index (χ4v) is 2.28. The zero-order chi connectivity index (χ0) is 13.3. The molecule has 1 aliphatic heterocycles. The Morgan fingerprint density at radius 1 is 1.50 bits per heavy atom. The second-order valence-corrected chi connectivity index (χ2v) is 4.47. The first-order valence-corrected chi connectivity index (χ1v) is 5.76. The minimum atomic E-state index is -1.02. The maximum Gasteiger partial charge on any atom is 0.326 e. The molecule has 0 spiro atoms. The summed E-state index contributed by atoms with van der Waals surface area (Å²) in [4.78, 5) is 24.2. The van der Waals surface area contributed by atoms with Gasteiger partial charge in [-0.05, 0) is 30.7 Å². The lowest BCUT2D eigenvalue weighted by atomic mass is 9.99. The molecule has 1 aromatic rings. The van der Waals surface area contributed by atoms with Crippen LogP contribution in [0.15, 0.2) is 18.2 Å². The van der Waals surface area contributed by atoms with Crippen LogP contribution in [0, 0.1) is 12.7 Å². The maximum absolute atomic E-state index is 13.0. The van der Waals surface area contributed by atoms with Crippen LogP contribution in [0.5, 0.6) is 0 Å². The van der Waals surface area contributed by atoms with E-state index in [1.54, 1.807) is 17.9 Å². The second kappa shape index (κ2) is 4.76. The number of nitrogens with zero attached hydrogens (tertiary/aromatic N) is 1. The smallest absolute Gasteiger partial charge is 0.326 e. The molecule has 5 heteroatoms. The van der Waals surface area contributed by atoms with Gasteiger partial charge in [0.1, 0.15) is 17.6 Å². The Bertz CT molecular complexity index is 501. The van der Waals surface area contributed by atoms with Crippen molar-refractivity contribution < 1.29 is 19.1 Å². The van der Waals surface area contributed by atoms with Crippen LogP contribution in [-0.4, -0.2) is 29.4 Å². The Labute approximate surface area is 104 Å². The minimum absolute atomic E-state index is 0.00610. The van der Waals surface area contributed by atoms with Crippen LogP contribution in [-0.2, 0) is 9.59 Å². The number of carboxylic acids is 1. The highest BCUT2D eigenvalue weighted by molar-refractivity contribution is 5.90. The Morgan fingerprint density at radius 2 is 2.22 bits per heavy atom. The van der Waals surface area contributed by atoms with Crippen LogP contribution in [0.2, 0.25) is 0 Å². The molecular formula is C13H14FNO3. The number of anilines is 1. The first-order chi connectivity index (χ1) is 8.49. The molecule has 0 aromatic heterocycles. The largest absolute Gasteiger partial charge is 0.480 e. The topological polar surface area (TPSA) is 57.6 Å². The van der Waals surface area contributed by atoms with E-state index < -0.39 is 12.0 Å². The Balaban J connectivity index is 2.35. The van der Waals surface area contributed by atoms with Gasteiger partial charge in [0, 0.05) is 25.1 Å². The molecule has 96 valence electrons. The third kappa shape index (κ3) is 2.34. The molecule has 1 heterocycles. The summed E-state index contributed by atoms with van der Waals surface area (Å²) < 4.78 is 13.0. The molecule has 1 aromatic carbocycles. The van der Waals surface area contributed by atoms with E-state index in [9.17, 15) is 14.0 Å². The molecule has 0 radical (unpaired) electrons. The summed E-state index contributed by atoms with van der Waals surface area (Å²) in [5, 5.41) is 9.17. The Morgan fingerprint density at radius 3 is 2.83 bits per heavy atom. The summed E-state index contributed by atoms with van der Waals surface area (Å²) in [5.41, 5.74) is 1.35. The number of carboxylic acid groups (broad SMARTS) is 1. The first kappa shape index (κ1) is 12.5. The van der Waals surface area contributed by atoms with E-state index in [-0.39, 0.29) is 18.0 Å². The number of ketones is 1. The average Bonchev–Trinajstić information content (AvgIpc) is 2.29. The molecule has 18 heavy (non-hydrogen) atoms. The summed E-state index contributed by atoms with van der Waals surface area (Å²) in [5.74, 6) is -1.42. The van der Waals surface area contributed by atoms with Crippen molar-refractivity contribution in [1.82, 2.24) is 0 Å². The van der Waals surface area contributed by atoms with Gasteiger partial charge in [0.15, 0.2) is 0 Å². The highest BCUT2D eigenvalue weighted by atomic mass is 19.1. The van der Waals surface area contributed by atoms with Crippen molar-refractivity contribution in [3.63, 3.8) is 0 Å². The summed E-state index contributed by atoms with van der Waals surface area (Å²) in [6.45, 7) is 2.09. The van der Waals surface area contributed by atoms with E-state index in [1.165, 1.54) is 12.1 Å². The SMILES string of the molecule is Cc1cc(F)ccc1N1CCC(=O)CC1C(=O)O. The Kier molecular flexibility index (Phi) is 3.32. The van der Waals surface area contributed by atoms with Gasteiger partial charge in [-0.1, -0.05) is 0 Å². The van der Waals surface area contributed by atoms with Crippen molar-refractivity contribution in [3.05, 3.63) is 29.6 Å². The zero-order valence-electron chi connectivity index (χ0n) is 10.0. The van der Waals surface area contributed by atoms with Crippen molar-refractivity contribution in [1.29, 1.82) is 0 Å². The van der Waals surface area contributed by atoms with Gasteiger partial charge in [-0.15, -0.1) is 0 Å². The van der Waals surface area contributed by atoms with E-state index in [4.69, 9.17) is 5.11 Å². The number of rotatable bonds is 2. The van der Waals surface area contributed by atoms with Gasteiger partial charge < -0.3 is 10.0 Å². The fraction of sp³-hybridized carbons (Fsp3) is 0.385. The normalized spacial score (nSPS) is 20.0. The monoisotopic (exact) mass is 251 g/mol. The molecule has 1 unspecified atom stereocenters. The average molecular weight is 251 g/mol. The predicted molar refractivity (Wildman–Crippen MR) is 64.1 cm³/mol. The standard InChI is InChI=1S/C13H14FNO3/c1-8-6-9(14)2-3-11(8)15-5-4-10(16)7-12(15)13(17)18/h2-3,6,12H,4-5,7H2,1H3,(H,17,18). The molecule has 1 fully saturated rings. The maximum atomic E-state index is 13.0. The van der Waals surface area contributed by atoms with E-state index >= 15 is 0 Å². The van der Waals surface area contributed by atoms with Gasteiger partial charge in [-0.3, -0.25) is 4.79 Å². The molecule has 1 atom stereocenters. The van der Waals surface area contributed by atoms with Gasteiger partial charge >= 0.3 is 5.97 Å². The number of carbonyl (C=O) groups is 2. The number of aliphatic carboxylic acids is 1. The molecule has 0 bridgehead atoms. The van der Waals surface area contributed by atoms with E-state index in [0.29, 0.717) is 24.2 Å². The molecule has 0 amide bonds. The number of Topliss-reactive ketones (excluding diaryl/α,β-unsaturated/α-hetero) is 1. The number of piperidine rings is 1. The molecular weight excluding hydrogens is 237 g/mol. The lowest BCUT2D eigenvalue weighted by Crippen LogP contribution is -2.47. The van der Waals surface area contributed by atoms with Crippen LogP contribution in [0.4, 0.5) is 10.1 Å². The second-order valence-electron chi connectivity index (χ2n) is 4.47. The summed E-state index contributed by atoms with van der Waals surface area (Å²) in [7, 11) is 0. The van der Waals surface area contributed by atoms with Crippen molar-refractivity contribution >= 4 is 17.4 Å². The van der Waals surface area contributed by atoms with E-state index in [1.807, 2.05) is 0 Å². The third-order valence-corrected chi connectivity index (χ3v) is 3.18. The summed E-state index contributed by atoms with van der Waals surface area (Å²) >= 11 is 0.